The zero-order chi connectivity index (χ0) is 19.2. The van der Waals surface area contributed by atoms with Crippen LogP contribution < -0.4 is 10.6 Å². The molecule has 1 aromatic carbocycles. The van der Waals surface area contributed by atoms with Gasteiger partial charge < -0.3 is 10.6 Å². The molecular formula is C20H22N4O3. The number of hydrogen-bond donors (Lipinski definition) is 2. The average molecular weight is 366 g/mol. The summed E-state index contributed by atoms with van der Waals surface area (Å²) in [7, 11) is 0. The molecule has 0 bridgehead atoms. The maximum absolute atomic E-state index is 12.6. The Hall–Kier alpha value is -3.22. The van der Waals surface area contributed by atoms with E-state index in [0.717, 1.165) is 11.1 Å². The molecule has 2 heterocycles. The zero-order valence-electron chi connectivity index (χ0n) is 15.1. The van der Waals surface area contributed by atoms with Crippen LogP contribution in [0.2, 0.25) is 0 Å². The van der Waals surface area contributed by atoms with Crippen LogP contribution in [-0.4, -0.2) is 33.8 Å². The third kappa shape index (κ3) is 4.49. The molecule has 0 spiro atoms. The highest BCUT2D eigenvalue weighted by Gasteiger charge is 2.40. The molecule has 140 valence electrons. The minimum Gasteiger partial charge on any atom is -0.352 e. The second-order valence-electron chi connectivity index (χ2n) is 6.47. The summed E-state index contributed by atoms with van der Waals surface area (Å²) >= 11 is 0. The third-order valence-electron chi connectivity index (χ3n) is 4.59. The van der Waals surface area contributed by atoms with Gasteiger partial charge in [0.2, 0.25) is 5.91 Å². The molecule has 7 nitrogen and oxygen atoms in total. The van der Waals surface area contributed by atoms with Gasteiger partial charge in [-0.25, -0.2) is 4.79 Å². The molecule has 0 unspecified atom stereocenters. The molecule has 1 aliphatic heterocycles. The third-order valence-corrected chi connectivity index (χ3v) is 4.59. The van der Waals surface area contributed by atoms with Crippen molar-refractivity contribution < 1.29 is 14.4 Å². The average Bonchev–Trinajstić information content (AvgIpc) is 2.99. The maximum atomic E-state index is 12.6. The van der Waals surface area contributed by atoms with Crippen molar-refractivity contribution >= 4 is 17.8 Å². The highest BCUT2D eigenvalue weighted by Crippen LogP contribution is 2.25. The Morgan fingerprint density at radius 1 is 1.22 bits per heavy atom. The standard InChI is InChI=1S/C20H22N4O3/c1-14(16-7-3-2-4-8-16)24-19(26)17(23-20(24)27)9-10-18(25)22-13-15-6-5-11-21-12-15/h2-8,11-12,14,17H,9-10,13H2,1H3,(H,22,25)(H,23,27)/t14-,17+/m1/s1. The summed E-state index contributed by atoms with van der Waals surface area (Å²) in [6.45, 7) is 2.20. The topological polar surface area (TPSA) is 91.4 Å². The molecule has 0 radical (unpaired) electrons. The van der Waals surface area contributed by atoms with Crippen LogP contribution in [0.1, 0.15) is 36.9 Å². The van der Waals surface area contributed by atoms with Crippen LogP contribution in [0.15, 0.2) is 54.9 Å². The monoisotopic (exact) mass is 366 g/mol. The first kappa shape index (κ1) is 18.6. The van der Waals surface area contributed by atoms with Crippen molar-refractivity contribution in [1.29, 1.82) is 0 Å². The second kappa shape index (κ2) is 8.44. The molecule has 0 saturated carbocycles. The van der Waals surface area contributed by atoms with Gasteiger partial charge in [-0.05, 0) is 30.5 Å². The first-order chi connectivity index (χ1) is 13.1. The Kier molecular flexibility index (Phi) is 5.80. The van der Waals surface area contributed by atoms with Crippen LogP contribution in [0.4, 0.5) is 4.79 Å². The van der Waals surface area contributed by atoms with Gasteiger partial charge in [0.15, 0.2) is 0 Å². The van der Waals surface area contributed by atoms with Crippen molar-refractivity contribution in [2.45, 2.75) is 38.4 Å². The highest BCUT2D eigenvalue weighted by molar-refractivity contribution is 6.04. The predicted molar refractivity (Wildman–Crippen MR) is 99.3 cm³/mol. The van der Waals surface area contributed by atoms with Gasteiger partial charge in [0, 0.05) is 25.4 Å². The van der Waals surface area contributed by atoms with E-state index in [1.807, 2.05) is 43.3 Å². The molecule has 2 N–H and O–H groups in total. The fraction of sp³-hybridized carbons (Fsp3) is 0.300. The van der Waals surface area contributed by atoms with E-state index >= 15 is 0 Å². The van der Waals surface area contributed by atoms with Crippen LogP contribution in [0.3, 0.4) is 0 Å². The lowest BCUT2D eigenvalue weighted by Gasteiger charge is -2.21. The van der Waals surface area contributed by atoms with Crippen molar-refractivity contribution in [3.05, 3.63) is 66.0 Å². The van der Waals surface area contributed by atoms with E-state index in [2.05, 4.69) is 15.6 Å². The van der Waals surface area contributed by atoms with Gasteiger partial charge in [-0.2, -0.15) is 0 Å². The number of aromatic nitrogens is 1. The molecule has 27 heavy (non-hydrogen) atoms. The smallest absolute Gasteiger partial charge is 0.325 e. The lowest BCUT2D eigenvalue weighted by Crippen LogP contribution is -2.34. The van der Waals surface area contributed by atoms with Gasteiger partial charge in [0.25, 0.3) is 5.91 Å². The second-order valence-corrected chi connectivity index (χ2v) is 6.47. The van der Waals surface area contributed by atoms with Gasteiger partial charge in [0.1, 0.15) is 6.04 Å². The van der Waals surface area contributed by atoms with Crippen molar-refractivity contribution in [2.24, 2.45) is 0 Å². The fourth-order valence-electron chi connectivity index (χ4n) is 3.06. The lowest BCUT2D eigenvalue weighted by atomic mass is 10.1. The van der Waals surface area contributed by atoms with Crippen LogP contribution in [0.25, 0.3) is 0 Å². The first-order valence-corrected chi connectivity index (χ1v) is 8.90. The Morgan fingerprint density at radius 3 is 2.70 bits per heavy atom. The van der Waals surface area contributed by atoms with Gasteiger partial charge in [-0.15, -0.1) is 0 Å². The molecule has 1 aliphatic rings. The molecule has 4 amide bonds. The Labute approximate surface area is 157 Å². The number of imide groups is 1. The summed E-state index contributed by atoms with van der Waals surface area (Å²) in [6, 6.07) is 11.6. The van der Waals surface area contributed by atoms with Gasteiger partial charge in [-0.3, -0.25) is 19.5 Å². The van der Waals surface area contributed by atoms with Crippen LogP contribution in [0.5, 0.6) is 0 Å². The number of carbonyl (C=O) groups is 3. The van der Waals surface area contributed by atoms with Gasteiger partial charge >= 0.3 is 6.03 Å². The molecule has 3 rings (SSSR count). The highest BCUT2D eigenvalue weighted by atomic mass is 16.2. The summed E-state index contributed by atoms with van der Waals surface area (Å²) < 4.78 is 0. The summed E-state index contributed by atoms with van der Waals surface area (Å²) in [5.41, 5.74) is 1.79. The summed E-state index contributed by atoms with van der Waals surface area (Å²) in [5.74, 6) is -0.466. The molecule has 2 atom stereocenters. The number of nitrogens with zero attached hydrogens (tertiary/aromatic N) is 2. The minimum absolute atomic E-state index is 0.157. The van der Waals surface area contributed by atoms with Crippen molar-refractivity contribution in [2.75, 3.05) is 0 Å². The fourth-order valence-corrected chi connectivity index (χ4v) is 3.06. The van der Waals surface area contributed by atoms with Gasteiger partial charge in [-0.1, -0.05) is 36.4 Å². The molecule has 2 aromatic rings. The van der Waals surface area contributed by atoms with Gasteiger partial charge in [0.05, 0.1) is 6.04 Å². The first-order valence-electron chi connectivity index (χ1n) is 8.90. The number of urea groups is 1. The zero-order valence-corrected chi connectivity index (χ0v) is 15.1. The lowest BCUT2D eigenvalue weighted by molar-refractivity contribution is -0.129. The van der Waals surface area contributed by atoms with E-state index in [1.54, 1.807) is 18.5 Å². The number of hydrogen-bond acceptors (Lipinski definition) is 4. The largest absolute Gasteiger partial charge is 0.352 e. The van der Waals surface area contributed by atoms with E-state index in [4.69, 9.17) is 0 Å². The Morgan fingerprint density at radius 2 is 2.00 bits per heavy atom. The molecule has 7 heteroatoms. The number of pyridine rings is 1. The van der Waals surface area contributed by atoms with E-state index in [9.17, 15) is 14.4 Å². The van der Waals surface area contributed by atoms with E-state index in [1.165, 1.54) is 4.90 Å². The molecular weight excluding hydrogens is 344 g/mol. The number of benzene rings is 1. The van der Waals surface area contributed by atoms with E-state index < -0.39 is 12.1 Å². The van der Waals surface area contributed by atoms with Crippen molar-refractivity contribution in [3.63, 3.8) is 0 Å². The quantitative estimate of drug-likeness (QED) is 0.735. The van der Waals surface area contributed by atoms with Crippen molar-refractivity contribution in [1.82, 2.24) is 20.5 Å². The SMILES string of the molecule is C[C@H](c1ccccc1)N1C(=O)N[C@@H](CCC(=O)NCc2cccnc2)C1=O. The molecule has 0 aliphatic carbocycles. The predicted octanol–water partition coefficient (Wildman–Crippen LogP) is 2.16. The Bertz CT molecular complexity index is 810. The van der Waals surface area contributed by atoms with E-state index in [0.29, 0.717) is 6.54 Å². The number of rotatable bonds is 7. The molecule has 1 saturated heterocycles. The normalized spacial score (nSPS) is 17.5. The van der Waals surface area contributed by atoms with Crippen LogP contribution in [0, 0.1) is 0 Å². The maximum Gasteiger partial charge on any atom is 0.325 e. The molecule has 1 aromatic heterocycles. The number of nitrogens with one attached hydrogen (secondary N) is 2. The Balaban J connectivity index is 1.52. The van der Waals surface area contributed by atoms with Crippen LogP contribution >= 0.6 is 0 Å². The summed E-state index contributed by atoms with van der Waals surface area (Å²) in [4.78, 5) is 42.1. The summed E-state index contributed by atoms with van der Waals surface area (Å²) in [5, 5.41) is 5.47. The van der Waals surface area contributed by atoms with Crippen LogP contribution in [-0.2, 0) is 16.1 Å². The minimum atomic E-state index is -0.673. The van der Waals surface area contributed by atoms with E-state index in [-0.39, 0.29) is 30.7 Å². The number of carbonyl (C=O) groups excluding carboxylic acids is 3. The summed E-state index contributed by atoms with van der Waals surface area (Å²) in [6.07, 6.45) is 3.78. The van der Waals surface area contributed by atoms with Crippen molar-refractivity contribution in [3.8, 4) is 0 Å². The number of amides is 4. The molecule has 1 fully saturated rings.